The number of rotatable bonds is 8. The zero-order valence-electron chi connectivity index (χ0n) is 21.6. The molecule has 1 saturated heterocycles. The van der Waals surface area contributed by atoms with Gasteiger partial charge < -0.3 is 20.3 Å². The van der Waals surface area contributed by atoms with Gasteiger partial charge in [-0.1, -0.05) is 60.7 Å². The largest absolute Gasteiger partial charge is 0.416 e. The van der Waals surface area contributed by atoms with Crippen molar-refractivity contribution < 1.29 is 31.1 Å². The predicted octanol–water partition coefficient (Wildman–Crippen LogP) is 7.07. The van der Waals surface area contributed by atoms with Crippen molar-refractivity contribution in [2.24, 2.45) is 0 Å². The molecule has 1 fully saturated rings. The van der Waals surface area contributed by atoms with Crippen LogP contribution < -0.4 is 10.6 Å². The number of nitrogens with one attached hydrogen (secondary N) is 2. The van der Waals surface area contributed by atoms with E-state index in [0.29, 0.717) is 18.7 Å². The molecule has 0 aromatic heterocycles. The fourth-order valence-electron chi connectivity index (χ4n) is 5.17. The quantitative estimate of drug-likeness (QED) is 0.220. The molecule has 0 spiro atoms. The summed E-state index contributed by atoms with van der Waals surface area (Å²) in [4.78, 5) is 2.23. The fraction of sp³-hybridized carbons (Fsp3) is 0.345. The van der Waals surface area contributed by atoms with Gasteiger partial charge in [0.25, 0.3) is 0 Å². The molecule has 4 rings (SSSR count). The Morgan fingerprint density at radius 1 is 0.800 bits per heavy atom. The highest BCUT2D eigenvalue weighted by Crippen LogP contribution is 2.39. The molecule has 214 valence electrons. The van der Waals surface area contributed by atoms with E-state index in [1.807, 2.05) is 60.7 Å². The highest BCUT2D eigenvalue weighted by Gasteiger charge is 2.44. The molecule has 1 atom stereocenters. The third-order valence-corrected chi connectivity index (χ3v) is 7.23. The maximum atomic E-state index is 13.4. The first-order chi connectivity index (χ1) is 18.9. The first-order valence-corrected chi connectivity index (χ1v) is 13.1. The van der Waals surface area contributed by atoms with Crippen molar-refractivity contribution in [2.45, 2.75) is 36.8 Å². The van der Waals surface area contributed by atoms with Gasteiger partial charge in [0.15, 0.2) is 5.11 Å². The van der Waals surface area contributed by atoms with E-state index in [4.69, 9.17) is 17.0 Å². The molecule has 0 saturated carbocycles. The summed E-state index contributed by atoms with van der Waals surface area (Å²) in [6.07, 6.45) is -7.93. The second-order valence-corrected chi connectivity index (χ2v) is 10.0. The summed E-state index contributed by atoms with van der Waals surface area (Å²) in [5.74, 6) is 0. The maximum Gasteiger partial charge on any atom is 0.416 e. The Hall–Kier alpha value is -3.15. The van der Waals surface area contributed by atoms with Gasteiger partial charge in [-0.15, -0.1) is 0 Å². The zero-order chi connectivity index (χ0) is 29.0. The van der Waals surface area contributed by atoms with Gasteiger partial charge in [-0.25, -0.2) is 0 Å². The van der Waals surface area contributed by atoms with Crippen LogP contribution in [0.25, 0.3) is 0 Å². The lowest BCUT2D eigenvalue weighted by Crippen LogP contribution is -2.58. The second-order valence-electron chi connectivity index (χ2n) is 9.63. The molecule has 0 bridgehead atoms. The predicted molar refractivity (Wildman–Crippen MR) is 146 cm³/mol. The highest BCUT2D eigenvalue weighted by atomic mass is 32.1. The number of hydrogen-bond donors (Lipinski definition) is 2. The molecule has 1 heterocycles. The third-order valence-electron chi connectivity index (χ3n) is 7.01. The van der Waals surface area contributed by atoms with Crippen molar-refractivity contribution in [2.75, 3.05) is 32.1 Å². The maximum absolute atomic E-state index is 13.4. The standard InChI is InChI=1S/C29H29F6N3OS/c1-39-27(20-10-4-2-5-11-20,21-12-6-3-7-13-21)25(19-38-14-8-9-15-38)37-26(40)36-24-17-22(28(30,31)32)16-23(18-24)29(33,34)35/h2-7,10-13,16-18,25H,8-9,14-15,19H2,1H3,(H2,36,37,40)/t25-/m0/s1. The number of hydrogen-bond acceptors (Lipinski definition) is 3. The first-order valence-electron chi connectivity index (χ1n) is 12.7. The second kappa shape index (κ2) is 12.2. The lowest BCUT2D eigenvalue weighted by Gasteiger charge is -2.43. The molecule has 3 aromatic rings. The van der Waals surface area contributed by atoms with E-state index in [1.54, 1.807) is 7.11 Å². The first kappa shape index (κ1) is 29.8. The Balaban J connectivity index is 1.74. The summed E-state index contributed by atoms with van der Waals surface area (Å²) < 4.78 is 86.8. The molecule has 3 aromatic carbocycles. The van der Waals surface area contributed by atoms with Gasteiger partial charge in [0, 0.05) is 19.3 Å². The van der Waals surface area contributed by atoms with Crippen molar-refractivity contribution in [3.8, 4) is 0 Å². The van der Waals surface area contributed by atoms with Crippen molar-refractivity contribution in [1.29, 1.82) is 0 Å². The monoisotopic (exact) mass is 581 g/mol. The Morgan fingerprint density at radius 3 is 1.70 bits per heavy atom. The number of methoxy groups -OCH3 is 1. The number of ether oxygens (including phenoxy) is 1. The number of likely N-dealkylation sites (tertiary alicyclic amines) is 1. The molecule has 0 amide bonds. The van der Waals surface area contributed by atoms with Gasteiger partial charge >= 0.3 is 12.4 Å². The van der Waals surface area contributed by atoms with Gasteiger partial charge in [-0.2, -0.15) is 26.3 Å². The number of anilines is 1. The molecule has 1 aliphatic heterocycles. The minimum absolute atomic E-state index is 0.0819. The van der Waals surface area contributed by atoms with E-state index in [-0.39, 0.29) is 11.2 Å². The van der Waals surface area contributed by atoms with E-state index in [9.17, 15) is 26.3 Å². The third kappa shape index (κ3) is 6.76. The Bertz CT molecular complexity index is 1210. The summed E-state index contributed by atoms with van der Waals surface area (Å²) in [7, 11) is 1.57. The number of benzene rings is 3. The summed E-state index contributed by atoms with van der Waals surface area (Å²) in [6.45, 7) is 2.13. The topological polar surface area (TPSA) is 36.5 Å². The Labute approximate surface area is 234 Å². The number of nitrogens with zero attached hydrogens (tertiary/aromatic N) is 1. The molecule has 0 radical (unpaired) electrons. The SMILES string of the molecule is COC(c1ccccc1)(c1ccccc1)[C@H](CN1CCCC1)NC(=S)Nc1cc(C(F)(F)F)cc(C(F)(F)F)c1. The van der Waals surface area contributed by atoms with Gasteiger partial charge in [-0.05, 0) is 67.5 Å². The summed E-state index contributed by atoms with van der Waals surface area (Å²) in [5.41, 5.74) is -2.77. The highest BCUT2D eigenvalue weighted by molar-refractivity contribution is 7.80. The Kier molecular flexibility index (Phi) is 9.06. The number of thiocarbonyl (C=S) groups is 1. The summed E-state index contributed by atoms with van der Waals surface area (Å²) >= 11 is 5.48. The number of halogens is 6. The van der Waals surface area contributed by atoms with Gasteiger partial charge in [0.2, 0.25) is 0 Å². The van der Waals surface area contributed by atoms with Crippen LogP contribution in [0.2, 0.25) is 0 Å². The summed E-state index contributed by atoms with van der Waals surface area (Å²) in [6, 6.07) is 19.6. The normalized spacial score (nSPS) is 15.6. The van der Waals surface area contributed by atoms with Crippen molar-refractivity contribution in [1.82, 2.24) is 10.2 Å². The molecule has 0 aliphatic carbocycles. The van der Waals surface area contributed by atoms with Crippen LogP contribution in [0.5, 0.6) is 0 Å². The molecule has 2 N–H and O–H groups in total. The minimum Gasteiger partial charge on any atom is -0.367 e. The van der Waals surface area contributed by atoms with Gasteiger partial charge in [0.1, 0.15) is 5.60 Å². The van der Waals surface area contributed by atoms with Crippen LogP contribution in [0.4, 0.5) is 32.0 Å². The van der Waals surface area contributed by atoms with E-state index in [1.165, 1.54) is 0 Å². The Morgan fingerprint density at radius 2 is 1.27 bits per heavy atom. The van der Waals surface area contributed by atoms with Gasteiger partial charge in [-0.3, -0.25) is 0 Å². The van der Waals surface area contributed by atoms with Crippen molar-refractivity contribution >= 4 is 23.0 Å². The van der Waals surface area contributed by atoms with Crippen molar-refractivity contribution in [3.05, 3.63) is 101 Å². The van der Waals surface area contributed by atoms with Crippen LogP contribution >= 0.6 is 12.2 Å². The van der Waals surface area contributed by atoms with E-state index >= 15 is 0 Å². The lowest BCUT2D eigenvalue weighted by atomic mass is 9.79. The van der Waals surface area contributed by atoms with Gasteiger partial charge in [0.05, 0.1) is 17.2 Å². The molecule has 1 aliphatic rings. The fourth-order valence-corrected chi connectivity index (χ4v) is 5.43. The molecular weight excluding hydrogens is 552 g/mol. The van der Waals surface area contributed by atoms with Crippen LogP contribution in [0.15, 0.2) is 78.9 Å². The lowest BCUT2D eigenvalue weighted by molar-refractivity contribution is -0.143. The van der Waals surface area contributed by atoms with Crippen LogP contribution in [0.1, 0.15) is 35.1 Å². The van der Waals surface area contributed by atoms with Crippen molar-refractivity contribution in [3.63, 3.8) is 0 Å². The zero-order valence-corrected chi connectivity index (χ0v) is 22.5. The molecular formula is C29H29F6N3OS. The molecule has 4 nitrogen and oxygen atoms in total. The van der Waals surface area contributed by atoms with Crippen LogP contribution in [0, 0.1) is 0 Å². The van der Waals surface area contributed by atoms with Crippen LogP contribution in [-0.4, -0.2) is 42.8 Å². The smallest absolute Gasteiger partial charge is 0.367 e. The minimum atomic E-state index is -4.98. The average molecular weight is 582 g/mol. The number of alkyl halides is 6. The molecule has 0 unspecified atom stereocenters. The summed E-state index contributed by atoms with van der Waals surface area (Å²) in [5, 5.41) is 5.62. The van der Waals surface area contributed by atoms with Crippen LogP contribution in [0.3, 0.4) is 0 Å². The van der Waals surface area contributed by atoms with E-state index in [2.05, 4.69) is 15.5 Å². The van der Waals surface area contributed by atoms with Crippen LogP contribution in [-0.2, 0) is 22.7 Å². The average Bonchev–Trinajstić information content (AvgIpc) is 3.43. The van der Waals surface area contributed by atoms with E-state index < -0.39 is 40.8 Å². The molecule has 40 heavy (non-hydrogen) atoms. The van der Waals surface area contributed by atoms with E-state index in [0.717, 1.165) is 37.1 Å². The molecule has 11 heteroatoms.